The summed E-state index contributed by atoms with van der Waals surface area (Å²) in [4.78, 5) is 12.4. The van der Waals surface area contributed by atoms with E-state index in [0.29, 0.717) is 17.4 Å². The lowest BCUT2D eigenvalue weighted by Gasteiger charge is -2.37. The van der Waals surface area contributed by atoms with E-state index in [1.54, 1.807) is 0 Å². The lowest BCUT2D eigenvalue weighted by Crippen LogP contribution is -2.44. The highest BCUT2D eigenvalue weighted by molar-refractivity contribution is 5.81. The van der Waals surface area contributed by atoms with Crippen LogP contribution in [0.5, 0.6) is 5.75 Å². The molecule has 0 radical (unpaired) electrons. The van der Waals surface area contributed by atoms with Gasteiger partial charge in [0.1, 0.15) is 5.75 Å². The summed E-state index contributed by atoms with van der Waals surface area (Å²) in [6.45, 7) is 13.1. The number of benzene rings is 1. The molecule has 0 saturated heterocycles. The minimum Gasteiger partial charge on any atom is -0.481 e. The molecule has 1 fully saturated rings. The van der Waals surface area contributed by atoms with E-state index in [2.05, 4.69) is 52.1 Å². The first-order valence-electron chi connectivity index (χ1n) is 9.74. The van der Waals surface area contributed by atoms with Gasteiger partial charge in [-0.2, -0.15) is 0 Å². The second kappa shape index (κ2) is 8.25. The van der Waals surface area contributed by atoms with Gasteiger partial charge in [-0.1, -0.05) is 46.8 Å². The predicted molar refractivity (Wildman–Crippen MR) is 104 cm³/mol. The zero-order chi connectivity index (χ0) is 18.6. The predicted octanol–water partition coefficient (Wildman–Crippen LogP) is 5.30. The molecule has 0 heterocycles. The largest absolute Gasteiger partial charge is 0.481 e. The van der Waals surface area contributed by atoms with Gasteiger partial charge in [0.2, 0.25) is 0 Å². The Kier molecular flexibility index (Phi) is 6.53. The van der Waals surface area contributed by atoms with Gasteiger partial charge in [0, 0.05) is 6.04 Å². The number of rotatable bonds is 5. The number of hydrogen-bond acceptors (Lipinski definition) is 2. The van der Waals surface area contributed by atoms with E-state index in [4.69, 9.17) is 4.74 Å². The van der Waals surface area contributed by atoms with Gasteiger partial charge >= 0.3 is 0 Å². The summed E-state index contributed by atoms with van der Waals surface area (Å²) in [6.07, 6.45) is 4.07. The monoisotopic (exact) mass is 345 g/mol. The molecule has 0 aromatic heterocycles. The summed E-state index contributed by atoms with van der Waals surface area (Å²) < 4.78 is 5.82. The fourth-order valence-corrected chi connectivity index (χ4v) is 3.61. The first kappa shape index (κ1) is 19.8. The van der Waals surface area contributed by atoms with Crippen LogP contribution in [-0.2, 0) is 4.79 Å². The Morgan fingerprint density at radius 2 is 1.60 bits per heavy atom. The second-order valence-corrected chi connectivity index (χ2v) is 8.91. The minimum atomic E-state index is -0.467. The maximum Gasteiger partial charge on any atom is 0.260 e. The standard InChI is InChI=1S/C22H35NO2/c1-15(2)17-7-13-20(14-8-17)25-16(3)21(24)23-19-11-9-18(10-12-19)22(4,5)6/h7-8,13-16,18-19H,9-12H2,1-6H3,(H,23,24). The van der Waals surface area contributed by atoms with Crippen molar-refractivity contribution in [2.24, 2.45) is 11.3 Å². The number of ether oxygens (including phenoxy) is 1. The summed E-state index contributed by atoms with van der Waals surface area (Å²) in [5, 5.41) is 3.18. The average Bonchev–Trinajstić information content (AvgIpc) is 2.55. The molecule has 25 heavy (non-hydrogen) atoms. The molecule has 2 rings (SSSR count). The molecule has 0 bridgehead atoms. The summed E-state index contributed by atoms with van der Waals surface area (Å²) in [6, 6.07) is 8.33. The molecular weight excluding hydrogens is 310 g/mol. The number of hydrogen-bond donors (Lipinski definition) is 1. The van der Waals surface area contributed by atoms with Crippen LogP contribution in [0.2, 0.25) is 0 Å². The van der Waals surface area contributed by atoms with Crippen molar-refractivity contribution in [3.63, 3.8) is 0 Å². The summed E-state index contributed by atoms with van der Waals surface area (Å²) in [5.41, 5.74) is 1.65. The Labute approximate surface area is 153 Å². The van der Waals surface area contributed by atoms with Crippen LogP contribution >= 0.6 is 0 Å². The smallest absolute Gasteiger partial charge is 0.260 e. The van der Waals surface area contributed by atoms with E-state index in [1.807, 2.05) is 19.1 Å². The van der Waals surface area contributed by atoms with E-state index in [0.717, 1.165) is 24.5 Å². The molecule has 0 aliphatic heterocycles. The summed E-state index contributed by atoms with van der Waals surface area (Å²) >= 11 is 0. The maximum atomic E-state index is 12.4. The Morgan fingerprint density at radius 3 is 2.08 bits per heavy atom. The van der Waals surface area contributed by atoms with E-state index in [1.165, 1.54) is 18.4 Å². The summed E-state index contributed by atoms with van der Waals surface area (Å²) in [7, 11) is 0. The van der Waals surface area contributed by atoms with Crippen molar-refractivity contribution in [2.45, 2.75) is 85.3 Å². The minimum absolute atomic E-state index is 0.00727. The quantitative estimate of drug-likeness (QED) is 0.786. The van der Waals surface area contributed by atoms with Gasteiger partial charge in [0.15, 0.2) is 6.10 Å². The van der Waals surface area contributed by atoms with Crippen LogP contribution in [0, 0.1) is 11.3 Å². The molecule has 1 aliphatic carbocycles. The highest BCUT2D eigenvalue weighted by Gasteiger charge is 2.30. The first-order chi connectivity index (χ1) is 11.7. The molecule has 1 aliphatic rings. The van der Waals surface area contributed by atoms with Gasteiger partial charge < -0.3 is 10.1 Å². The fraction of sp³-hybridized carbons (Fsp3) is 0.682. The molecule has 1 aromatic carbocycles. The molecule has 1 atom stereocenters. The van der Waals surface area contributed by atoms with Gasteiger partial charge in [-0.3, -0.25) is 4.79 Å². The van der Waals surface area contributed by atoms with Crippen LogP contribution in [0.1, 0.15) is 78.7 Å². The molecule has 1 amide bonds. The van der Waals surface area contributed by atoms with Gasteiger partial charge in [-0.15, -0.1) is 0 Å². The molecule has 0 spiro atoms. The lowest BCUT2D eigenvalue weighted by atomic mass is 9.71. The zero-order valence-electron chi connectivity index (χ0n) is 16.8. The Morgan fingerprint density at radius 1 is 1.04 bits per heavy atom. The molecule has 1 aromatic rings. The Hall–Kier alpha value is -1.51. The van der Waals surface area contributed by atoms with Gasteiger partial charge in [0.25, 0.3) is 5.91 Å². The molecular formula is C22H35NO2. The number of carbonyl (C=O) groups is 1. The lowest BCUT2D eigenvalue weighted by molar-refractivity contribution is -0.128. The SMILES string of the molecule is CC(Oc1ccc(C(C)C)cc1)C(=O)NC1CCC(C(C)(C)C)CC1. The normalized spacial score (nSPS) is 22.5. The van der Waals surface area contributed by atoms with Crippen LogP contribution in [-0.4, -0.2) is 18.1 Å². The average molecular weight is 346 g/mol. The summed E-state index contributed by atoms with van der Waals surface area (Å²) in [5.74, 6) is 2.00. The van der Waals surface area contributed by atoms with Crippen molar-refractivity contribution in [3.05, 3.63) is 29.8 Å². The van der Waals surface area contributed by atoms with Crippen molar-refractivity contribution >= 4 is 5.91 Å². The third-order valence-electron chi connectivity index (χ3n) is 5.53. The highest BCUT2D eigenvalue weighted by Crippen LogP contribution is 2.37. The zero-order valence-corrected chi connectivity index (χ0v) is 16.8. The topological polar surface area (TPSA) is 38.3 Å². The highest BCUT2D eigenvalue weighted by atomic mass is 16.5. The third-order valence-corrected chi connectivity index (χ3v) is 5.53. The first-order valence-corrected chi connectivity index (χ1v) is 9.74. The third kappa shape index (κ3) is 5.76. The van der Waals surface area contributed by atoms with E-state index in [-0.39, 0.29) is 5.91 Å². The fourth-order valence-electron chi connectivity index (χ4n) is 3.61. The second-order valence-electron chi connectivity index (χ2n) is 8.91. The van der Waals surface area contributed by atoms with Crippen LogP contribution < -0.4 is 10.1 Å². The van der Waals surface area contributed by atoms with E-state index in [9.17, 15) is 4.79 Å². The van der Waals surface area contributed by atoms with Gasteiger partial charge in [0.05, 0.1) is 0 Å². The van der Waals surface area contributed by atoms with Crippen molar-refractivity contribution in [2.75, 3.05) is 0 Å². The van der Waals surface area contributed by atoms with Crippen molar-refractivity contribution in [1.29, 1.82) is 0 Å². The molecule has 3 heteroatoms. The van der Waals surface area contributed by atoms with Crippen LogP contribution in [0.4, 0.5) is 0 Å². The Bertz CT molecular complexity index is 548. The van der Waals surface area contributed by atoms with Crippen molar-refractivity contribution < 1.29 is 9.53 Å². The number of carbonyl (C=O) groups excluding carboxylic acids is 1. The Balaban J connectivity index is 1.81. The van der Waals surface area contributed by atoms with Gasteiger partial charge in [-0.05, 0) is 67.6 Å². The van der Waals surface area contributed by atoms with Crippen molar-refractivity contribution in [1.82, 2.24) is 5.32 Å². The van der Waals surface area contributed by atoms with Crippen LogP contribution in [0.25, 0.3) is 0 Å². The molecule has 1 saturated carbocycles. The molecule has 3 nitrogen and oxygen atoms in total. The van der Waals surface area contributed by atoms with E-state index >= 15 is 0 Å². The van der Waals surface area contributed by atoms with Crippen LogP contribution in [0.3, 0.4) is 0 Å². The number of amides is 1. The molecule has 1 unspecified atom stereocenters. The molecule has 140 valence electrons. The van der Waals surface area contributed by atoms with Crippen molar-refractivity contribution in [3.8, 4) is 5.75 Å². The molecule has 1 N–H and O–H groups in total. The van der Waals surface area contributed by atoms with Gasteiger partial charge in [-0.25, -0.2) is 0 Å². The number of nitrogens with one attached hydrogen (secondary N) is 1. The maximum absolute atomic E-state index is 12.4. The van der Waals surface area contributed by atoms with E-state index < -0.39 is 6.10 Å². The van der Waals surface area contributed by atoms with Crippen LogP contribution in [0.15, 0.2) is 24.3 Å².